The van der Waals surface area contributed by atoms with Crippen molar-refractivity contribution in [2.24, 2.45) is 0 Å². The molecule has 0 radical (unpaired) electrons. The van der Waals surface area contributed by atoms with Gasteiger partial charge in [-0.05, 0) is 45.0 Å². The number of para-hydroxylation sites is 1. The maximum Gasteiger partial charge on any atom is 0.276 e. The van der Waals surface area contributed by atoms with Crippen LogP contribution in [0.2, 0.25) is 0 Å². The molecule has 1 amide bonds. The average molecular weight is 283 g/mol. The number of carbonyl (C=O) groups excluding carboxylic acids is 1. The van der Waals surface area contributed by atoms with Crippen molar-refractivity contribution < 1.29 is 4.79 Å². The fourth-order valence-corrected chi connectivity index (χ4v) is 2.00. The number of pyridine rings is 1. The number of carbonyl (C=O) groups is 1. The standard InChI is InChI=1S/C17H21N3O/c1-17(2,3)19-13-10-11-18-15(12-13)16(21)20(4)14-8-6-5-7-9-14/h5-12H,1-4H3,(H,18,19). The number of amides is 1. The molecule has 0 aliphatic carbocycles. The summed E-state index contributed by atoms with van der Waals surface area (Å²) in [7, 11) is 1.75. The van der Waals surface area contributed by atoms with Crippen LogP contribution >= 0.6 is 0 Å². The van der Waals surface area contributed by atoms with Crippen molar-refractivity contribution in [1.29, 1.82) is 0 Å². The molecule has 0 unspecified atom stereocenters. The highest BCUT2D eigenvalue weighted by atomic mass is 16.2. The summed E-state index contributed by atoms with van der Waals surface area (Å²) in [5, 5.41) is 3.34. The highest BCUT2D eigenvalue weighted by Crippen LogP contribution is 2.18. The van der Waals surface area contributed by atoms with E-state index in [1.54, 1.807) is 24.2 Å². The molecule has 2 aromatic rings. The summed E-state index contributed by atoms with van der Waals surface area (Å²) in [6.45, 7) is 6.22. The topological polar surface area (TPSA) is 45.2 Å². The van der Waals surface area contributed by atoms with Crippen LogP contribution < -0.4 is 10.2 Å². The van der Waals surface area contributed by atoms with Gasteiger partial charge in [-0.25, -0.2) is 0 Å². The molecule has 0 saturated heterocycles. The number of rotatable bonds is 3. The van der Waals surface area contributed by atoms with Crippen molar-refractivity contribution in [1.82, 2.24) is 4.98 Å². The lowest BCUT2D eigenvalue weighted by molar-refractivity contribution is 0.0988. The SMILES string of the molecule is CN(C(=O)c1cc(NC(C)(C)C)ccn1)c1ccccc1. The number of anilines is 2. The van der Waals surface area contributed by atoms with Crippen LogP contribution in [0.3, 0.4) is 0 Å². The molecule has 1 aromatic carbocycles. The van der Waals surface area contributed by atoms with E-state index in [9.17, 15) is 4.79 Å². The van der Waals surface area contributed by atoms with E-state index in [0.717, 1.165) is 11.4 Å². The molecule has 1 aromatic heterocycles. The van der Waals surface area contributed by atoms with Crippen LogP contribution in [0.15, 0.2) is 48.7 Å². The zero-order chi connectivity index (χ0) is 15.5. The Morgan fingerprint density at radius 2 is 1.81 bits per heavy atom. The van der Waals surface area contributed by atoms with E-state index in [-0.39, 0.29) is 11.4 Å². The predicted octanol–water partition coefficient (Wildman–Crippen LogP) is 3.57. The first-order valence-corrected chi connectivity index (χ1v) is 6.94. The Morgan fingerprint density at radius 1 is 1.14 bits per heavy atom. The third-order valence-corrected chi connectivity index (χ3v) is 2.95. The number of aromatic nitrogens is 1. The second-order valence-electron chi connectivity index (χ2n) is 6.00. The molecule has 4 nitrogen and oxygen atoms in total. The Bertz CT molecular complexity index is 617. The molecule has 21 heavy (non-hydrogen) atoms. The summed E-state index contributed by atoms with van der Waals surface area (Å²) in [5.74, 6) is -0.126. The van der Waals surface area contributed by atoms with Crippen LogP contribution in [0, 0.1) is 0 Å². The average Bonchev–Trinajstić information content (AvgIpc) is 2.45. The minimum absolute atomic E-state index is 0.0625. The zero-order valence-electron chi connectivity index (χ0n) is 12.9. The molecule has 110 valence electrons. The molecule has 0 atom stereocenters. The molecule has 0 spiro atoms. The maximum absolute atomic E-state index is 12.5. The van der Waals surface area contributed by atoms with Gasteiger partial charge in [0.05, 0.1) is 0 Å². The Labute approximate surface area is 125 Å². The molecule has 0 aliphatic rings. The number of hydrogen-bond acceptors (Lipinski definition) is 3. The zero-order valence-corrected chi connectivity index (χ0v) is 12.9. The fraction of sp³-hybridized carbons (Fsp3) is 0.294. The molecule has 0 fully saturated rings. The first-order chi connectivity index (χ1) is 9.87. The van der Waals surface area contributed by atoms with E-state index in [0.29, 0.717) is 5.69 Å². The Balaban J connectivity index is 2.22. The molecule has 0 aliphatic heterocycles. The van der Waals surface area contributed by atoms with Crippen molar-refractivity contribution in [3.05, 3.63) is 54.4 Å². The predicted molar refractivity (Wildman–Crippen MR) is 86.8 cm³/mol. The minimum atomic E-state index is -0.126. The molecular weight excluding hydrogens is 262 g/mol. The molecule has 0 saturated carbocycles. The molecular formula is C17H21N3O. The minimum Gasteiger partial charge on any atom is -0.380 e. The van der Waals surface area contributed by atoms with Crippen LogP contribution in [0.4, 0.5) is 11.4 Å². The van der Waals surface area contributed by atoms with E-state index >= 15 is 0 Å². The summed E-state index contributed by atoms with van der Waals surface area (Å²) >= 11 is 0. The van der Waals surface area contributed by atoms with Crippen LogP contribution in [0.5, 0.6) is 0 Å². The largest absolute Gasteiger partial charge is 0.380 e. The Kier molecular flexibility index (Phi) is 4.26. The van der Waals surface area contributed by atoms with E-state index in [1.165, 1.54) is 0 Å². The molecule has 4 heteroatoms. The normalized spacial score (nSPS) is 11.0. The van der Waals surface area contributed by atoms with Gasteiger partial charge in [-0.2, -0.15) is 0 Å². The monoisotopic (exact) mass is 283 g/mol. The lowest BCUT2D eigenvalue weighted by atomic mass is 10.1. The molecule has 2 rings (SSSR count). The van der Waals surface area contributed by atoms with Crippen molar-refractivity contribution in [3.8, 4) is 0 Å². The van der Waals surface area contributed by atoms with Gasteiger partial charge in [0.2, 0.25) is 0 Å². The lowest BCUT2D eigenvalue weighted by Crippen LogP contribution is -2.28. The van der Waals surface area contributed by atoms with Gasteiger partial charge < -0.3 is 10.2 Å². The first-order valence-electron chi connectivity index (χ1n) is 6.94. The molecule has 1 heterocycles. The molecule has 0 bridgehead atoms. The number of hydrogen-bond donors (Lipinski definition) is 1. The van der Waals surface area contributed by atoms with E-state index in [1.807, 2.05) is 36.4 Å². The van der Waals surface area contributed by atoms with E-state index in [4.69, 9.17) is 0 Å². The summed E-state index contributed by atoms with van der Waals surface area (Å²) in [5.41, 5.74) is 2.10. The maximum atomic E-state index is 12.5. The van der Waals surface area contributed by atoms with Crippen molar-refractivity contribution in [2.75, 3.05) is 17.3 Å². The highest BCUT2D eigenvalue weighted by molar-refractivity contribution is 6.04. The third kappa shape index (κ3) is 4.05. The summed E-state index contributed by atoms with van der Waals surface area (Å²) in [4.78, 5) is 18.3. The van der Waals surface area contributed by atoms with Gasteiger partial charge in [0.1, 0.15) is 5.69 Å². The third-order valence-electron chi connectivity index (χ3n) is 2.95. The van der Waals surface area contributed by atoms with Crippen molar-refractivity contribution in [3.63, 3.8) is 0 Å². The Hall–Kier alpha value is -2.36. The van der Waals surface area contributed by atoms with E-state index in [2.05, 4.69) is 31.1 Å². The number of nitrogens with one attached hydrogen (secondary N) is 1. The van der Waals surface area contributed by atoms with Gasteiger partial charge >= 0.3 is 0 Å². The summed E-state index contributed by atoms with van der Waals surface area (Å²) in [6, 6.07) is 13.2. The highest BCUT2D eigenvalue weighted by Gasteiger charge is 2.16. The number of benzene rings is 1. The van der Waals surface area contributed by atoms with Gasteiger partial charge in [-0.1, -0.05) is 18.2 Å². The summed E-state index contributed by atoms with van der Waals surface area (Å²) in [6.07, 6.45) is 1.65. The van der Waals surface area contributed by atoms with Gasteiger partial charge in [-0.3, -0.25) is 9.78 Å². The molecule has 1 N–H and O–H groups in total. The van der Waals surface area contributed by atoms with Crippen LogP contribution in [0.1, 0.15) is 31.3 Å². The van der Waals surface area contributed by atoms with Crippen LogP contribution in [-0.4, -0.2) is 23.5 Å². The van der Waals surface area contributed by atoms with Gasteiger partial charge in [0, 0.05) is 30.2 Å². The second-order valence-corrected chi connectivity index (χ2v) is 6.00. The van der Waals surface area contributed by atoms with Gasteiger partial charge in [-0.15, -0.1) is 0 Å². The van der Waals surface area contributed by atoms with Crippen LogP contribution in [-0.2, 0) is 0 Å². The van der Waals surface area contributed by atoms with Gasteiger partial charge in [0.15, 0.2) is 0 Å². The quantitative estimate of drug-likeness (QED) is 0.936. The van der Waals surface area contributed by atoms with Crippen molar-refractivity contribution in [2.45, 2.75) is 26.3 Å². The first kappa shape index (κ1) is 15.0. The van der Waals surface area contributed by atoms with Gasteiger partial charge in [0.25, 0.3) is 5.91 Å². The fourth-order valence-electron chi connectivity index (χ4n) is 2.00. The van der Waals surface area contributed by atoms with Crippen molar-refractivity contribution >= 4 is 17.3 Å². The number of nitrogens with zero attached hydrogens (tertiary/aromatic N) is 2. The lowest BCUT2D eigenvalue weighted by Gasteiger charge is -2.22. The summed E-state index contributed by atoms with van der Waals surface area (Å²) < 4.78 is 0. The Morgan fingerprint density at radius 3 is 2.43 bits per heavy atom. The smallest absolute Gasteiger partial charge is 0.276 e. The second kappa shape index (κ2) is 5.95. The van der Waals surface area contributed by atoms with Crippen LogP contribution in [0.25, 0.3) is 0 Å². The van der Waals surface area contributed by atoms with E-state index < -0.39 is 0 Å².